The lowest BCUT2D eigenvalue weighted by Gasteiger charge is -2.38. The van der Waals surface area contributed by atoms with E-state index in [1.54, 1.807) is 12.1 Å². The maximum Gasteiger partial charge on any atom is 0.261 e. The van der Waals surface area contributed by atoms with Crippen LogP contribution in [0.1, 0.15) is 52.8 Å². The van der Waals surface area contributed by atoms with E-state index in [9.17, 15) is 9.18 Å². The molecule has 39 heavy (non-hydrogen) atoms. The van der Waals surface area contributed by atoms with Crippen molar-refractivity contribution >= 4 is 5.91 Å². The van der Waals surface area contributed by atoms with Crippen molar-refractivity contribution in [1.82, 2.24) is 10.2 Å². The SMILES string of the molecule is CC[C@@H](Oc1ccc2c(c1)[C@H](c1ccccc1)N(Cc1cccc(C)c1)CC2)C(=O)NCc1cccc(F)c1. The molecule has 4 nitrogen and oxygen atoms in total. The Balaban J connectivity index is 1.37. The highest BCUT2D eigenvalue weighted by Gasteiger charge is 2.30. The molecule has 4 aromatic rings. The Morgan fingerprint density at radius 2 is 1.77 bits per heavy atom. The van der Waals surface area contributed by atoms with E-state index in [2.05, 4.69) is 77.8 Å². The molecule has 0 unspecified atom stereocenters. The van der Waals surface area contributed by atoms with Crippen molar-refractivity contribution in [3.63, 3.8) is 0 Å². The highest BCUT2D eigenvalue weighted by atomic mass is 19.1. The van der Waals surface area contributed by atoms with Gasteiger partial charge in [-0.25, -0.2) is 4.39 Å². The lowest BCUT2D eigenvalue weighted by atomic mass is 9.87. The van der Waals surface area contributed by atoms with E-state index < -0.39 is 6.10 Å². The number of hydrogen-bond acceptors (Lipinski definition) is 3. The minimum Gasteiger partial charge on any atom is -0.481 e. The van der Waals surface area contributed by atoms with Gasteiger partial charge in [0.05, 0.1) is 6.04 Å². The van der Waals surface area contributed by atoms with Crippen molar-refractivity contribution in [2.75, 3.05) is 6.54 Å². The lowest BCUT2D eigenvalue weighted by molar-refractivity contribution is -0.128. The maximum absolute atomic E-state index is 13.5. The largest absolute Gasteiger partial charge is 0.481 e. The molecule has 0 radical (unpaired) electrons. The number of nitrogens with one attached hydrogen (secondary N) is 1. The van der Waals surface area contributed by atoms with Crippen LogP contribution in [0.5, 0.6) is 5.75 Å². The van der Waals surface area contributed by atoms with E-state index in [0.717, 1.165) is 19.5 Å². The minimum absolute atomic E-state index is 0.0842. The van der Waals surface area contributed by atoms with Crippen LogP contribution in [0.25, 0.3) is 0 Å². The molecule has 0 saturated carbocycles. The van der Waals surface area contributed by atoms with Gasteiger partial charge in [-0.1, -0.05) is 85.3 Å². The number of nitrogens with zero attached hydrogens (tertiary/aromatic N) is 1. The highest BCUT2D eigenvalue weighted by molar-refractivity contribution is 5.81. The zero-order chi connectivity index (χ0) is 27.2. The Kier molecular flexibility index (Phi) is 8.38. The standard InChI is InChI=1S/C34H35FN2O2/c1-3-32(34(38)36-22-25-10-8-14-29(35)20-25)39-30-16-15-27-17-18-37(23-26-11-7-9-24(2)19-26)33(31(27)21-30)28-12-5-4-6-13-28/h4-16,19-21,32-33H,3,17-18,22-23H2,1-2H3,(H,36,38)/t32-,33+/m1/s1. The fourth-order valence-electron chi connectivity index (χ4n) is 5.40. The van der Waals surface area contributed by atoms with Gasteiger partial charge in [0.2, 0.25) is 0 Å². The number of benzene rings is 4. The molecule has 2 atom stereocenters. The third-order valence-electron chi connectivity index (χ3n) is 7.33. The van der Waals surface area contributed by atoms with Crippen LogP contribution in [-0.2, 0) is 24.3 Å². The average molecular weight is 523 g/mol. The van der Waals surface area contributed by atoms with Crippen LogP contribution in [-0.4, -0.2) is 23.5 Å². The topological polar surface area (TPSA) is 41.6 Å². The van der Waals surface area contributed by atoms with Crippen LogP contribution in [0.4, 0.5) is 4.39 Å². The first-order valence-corrected chi connectivity index (χ1v) is 13.7. The van der Waals surface area contributed by atoms with Crippen LogP contribution in [0.3, 0.4) is 0 Å². The number of aryl methyl sites for hydroxylation is 1. The molecule has 0 fully saturated rings. The Morgan fingerprint density at radius 3 is 2.54 bits per heavy atom. The van der Waals surface area contributed by atoms with Crippen molar-refractivity contribution in [2.24, 2.45) is 0 Å². The summed E-state index contributed by atoms with van der Waals surface area (Å²) in [6.45, 7) is 6.13. The Labute approximate surface area is 230 Å². The van der Waals surface area contributed by atoms with Crippen LogP contribution < -0.4 is 10.1 Å². The van der Waals surface area contributed by atoms with Gasteiger partial charge in [-0.2, -0.15) is 0 Å². The van der Waals surface area contributed by atoms with Crippen LogP contribution >= 0.6 is 0 Å². The molecule has 0 aliphatic carbocycles. The number of ether oxygens (including phenoxy) is 1. The fourth-order valence-corrected chi connectivity index (χ4v) is 5.40. The molecule has 1 aliphatic heterocycles. The Hall–Kier alpha value is -3.96. The van der Waals surface area contributed by atoms with Crippen LogP contribution in [0.15, 0.2) is 97.1 Å². The van der Waals surface area contributed by atoms with E-state index >= 15 is 0 Å². The first kappa shape index (κ1) is 26.6. The van der Waals surface area contributed by atoms with Gasteiger partial charge in [0.25, 0.3) is 5.91 Å². The number of amides is 1. The monoisotopic (exact) mass is 522 g/mol. The first-order valence-electron chi connectivity index (χ1n) is 13.7. The summed E-state index contributed by atoms with van der Waals surface area (Å²) in [6, 6.07) is 31.9. The van der Waals surface area contributed by atoms with Gasteiger partial charge in [-0.15, -0.1) is 0 Å². The molecule has 1 heterocycles. The second kappa shape index (κ2) is 12.3. The lowest BCUT2D eigenvalue weighted by Crippen LogP contribution is -2.38. The fraction of sp³-hybridized carbons (Fsp3) is 0.265. The van der Waals surface area contributed by atoms with Crippen molar-refractivity contribution in [1.29, 1.82) is 0 Å². The highest BCUT2D eigenvalue weighted by Crippen LogP contribution is 2.38. The number of halogens is 1. The number of carbonyl (C=O) groups is 1. The number of hydrogen-bond donors (Lipinski definition) is 1. The first-order chi connectivity index (χ1) is 19.0. The van der Waals surface area contributed by atoms with Crippen molar-refractivity contribution in [3.8, 4) is 5.75 Å². The Morgan fingerprint density at radius 1 is 0.974 bits per heavy atom. The normalized spacial score (nSPS) is 15.8. The summed E-state index contributed by atoms with van der Waals surface area (Å²) >= 11 is 0. The summed E-state index contributed by atoms with van der Waals surface area (Å²) in [7, 11) is 0. The summed E-state index contributed by atoms with van der Waals surface area (Å²) in [5.41, 5.74) is 7.04. The molecule has 200 valence electrons. The van der Waals surface area contributed by atoms with E-state index in [0.29, 0.717) is 17.7 Å². The van der Waals surface area contributed by atoms with Gasteiger partial charge in [-0.05, 0) is 71.8 Å². The van der Waals surface area contributed by atoms with E-state index in [-0.39, 0.29) is 24.3 Å². The molecule has 5 heteroatoms. The van der Waals surface area contributed by atoms with Gasteiger partial charge in [0.15, 0.2) is 6.10 Å². The summed E-state index contributed by atoms with van der Waals surface area (Å²) in [6.07, 6.45) is 0.836. The molecule has 0 saturated heterocycles. The predicted octanol–water partition coefficient (Wildman–Crippen LogP) is 6.76. The molecule has 1 N–H and O–H groups in total. The van der Waals surface area contributed by atoms with Crippen LogP contribution in [0, 0.1) is 12.7 Å². The summed E-state index contributed by atoms with van der Waals surface area (Å²) < 4.78 is 19.8. The quantitative estimate of drug-likeness (QED) is 0.264. The minimum atomic E-state index is -0.640. The van der Waals surface area contributed by atoms with Gasteiger partial charge < -0.3 is 10.1 Å². The second-order valence-electron chi connectivity index (χ2n) is 10.2. The number of rotatable bonds is 9. The third-order valence-corrected chi connectivity index (χ3v) is 7.33. The summed E-state index contributed by atoms with van der Waals surface area (Å²) in [5.74, 6) is 0.156. The molecule has 0 bridgehead atoms. The van der Waals surface area contributed by atoms with Gasteiger partial charge in [0.1, 0.15) is 11.6 Å². The van der Waals surface area contributed by atoms with Gasteiger partial charge in [0, 0.05) is 19.6 Å². The molecule has 4 aromatic carbocycles. The molecule has 1 aliphatic rings. The molecule has 0 aromatic heterocycles. The second-order valence-corrected chi connectivity index (χ2v) is 10.2. The molecular formula is C34H35FN2O2. The van der Waals surface area contributed by atoms with Crippen molar-refractivity contribution in [2.45, 2.75) is 51.9 Å². The van der Waals surface area contributed by atoms with Crippen LogP contribution in [0.2, 0.25) is 0 Å². The zero-order valence-corrected chi connectivity index (χ0v) is 22.6. The third kappa shape index (κ3) is 6.55. The Bertz CT molecular complexity index is 1420. The molecule has 0 spiro atoms. The van der Waals surface area contributed by atoms with Crippen molar-refractivity contribution in [3.05, 3.63) is 136 Å². The smallest absolute Gasteiger partial charge is 0.261 e. The van der Waals surface area contributed by atoms with E-state index in [1.165, 1.54) is 39.9 Å². The van der Waals surface area contributed by atoms with Crippen molar-refractivity contribution < 1.29 is 13.9 Å². The predicted molar refractivity (Wildman–Crippen MR) is 153 cm³/mol. The van der Waals surface area contributed by atoms with E-state index in [1.807, 2.05) is 19.1 Å². The average Bonchev–Trinajstić information content (AvgIpc) is 2.95. The van der Waals surface area contributed by atoms with Gasteiger partial charge >= 0.3 is 0 Å². The summed E-state index contributed by atoms with van der Waals surface area (Å²) in [4.78, 5) is 15.5. The zero-order valence-electron chi connectivity index (χ0n) is 22.6. The van der Waals surface area contributed by atoms with E-state index in [4.69, 9.17) is 4.74 Å². The number of fused-ring (bicyclic) bond motifs is 1. The maximum atomic E-state index is 13.5. The molecule has 1 amide bonds. The van der Waals surface area contributed by atoms with Gasteiger partial charge in [-0.3, -0.25) is 9.69 Å². The number of carbonyl (C=O) groups excluding carboxylic acids is 1. The molecular weight excluding hydrogens is 487 g/mol. The summed E-state index contributed by atoms with van der Waals surface area (Å²) in [5, 5.41) is 2.89. The molecule has 5 rings (SSSR count).